The summed E-state index contributed by atoms with van der Waals surface area (Å²) in [6.45, 7) is 7.73. The smallest absolute Gasteiger partial charge is 0.242 e. The van der Waals surface area contributed by atoms with Crippen LogP contribution in [0.4, 0.5) is 5.82 Å². The highest BCUT2D eigenvalue weighted by Crippen LogP contribution is 2.11. The Morgan fingerprint density at radius 3 is 2.43 bits per heavy atom. The van der Waals surface area contributed by atoms with Crippen LogP contribution >= 0.6 is 0 Å². The molecule has 0 aliphatic rings. The highest BCUT2D eigenvalue weighted by molar-refractivity contribution is 7.89. The van der Waals surface area contributed by atoms with E-state index in [1.807, 2.05) is 20.8 Å². The molecule has 0 saturated heterocycles. The van der Waals surface area contributed by atoms with Crippen molar-refractivity contribution in [3.05, 3.63) is 18.3 Å². The van der Waals surface area contributed by atoms with Gasteiger partial charge in [-0.1, -0.05) is 0 Å². The van der Waals surface area contributed by atoms with Crippen LogP contribution in [0.1, 0.15) is 27.7 Å². The minimum Gasteiger partial charge on any atom is -0.370 e. The van der Waals surface area contributed by atoms with Crippen molar-refractivity contribution in [2.24, 2.45) is 0 Å². The number of nitrogens with one attached hydrogen (secondary N) is 3. The summed E-state index contributed by atoms with van der Waals surface area (Å²) in [6, 6.07) is 2.12. The van der Waals surface area contributed by atoms with Crippen molar-refractivity contribution in [2.75, 3.05) is 11.9 Å². The number of anilines is 1. The molecule has 0 bridgehead atoms. The maximum absolute atomic E-state index is 12.2. The predicted molar refractivity (Wildman–Crippen MR) is 81.5 cm³/mol. The van der Waals surface area contributed by atoms with E-state index in [9.17, 15) is 13.2 Å². The van der Waals surface area contributed by atoms with E-state index >= 15 is 0 Å². The Balaban J connectivity index is 2.79. The Bertz CT molecular complexity index is 570. The third kappa shape index (κ3) is 5.31. The van der Waals surface area contributed by atoms with Crippen LogP contribution in [-0.2, 0) is 14.8 Å². The molecule has 8 heteroatoms. The van der Waals surface area contributed by atoms with Crippen molar-refractivity contribution in [2.45, 2.75) is 44.7 Å². The molecule has 1 heterocycles. The molecular weight excluding hydrogens is 292 g/mol. The van der Waals surface area contributed by atoms with E-state index in [1.165, 1.54) is 19.2 Å². The van der Waals surface area contributed by atoms with Crippen molar-refractivity contribution < 1.29 is 13.2 Å². The molecule has 1 atom stereocenters. The Morgan fingerprint density at radius 1 is 1.29 bits per heavy atom. The average molecular weight is 314 g/mol. The first kappa shape index (κ1) is 17.4. The van der Waals surface area contributed by atoms with Gasteiger partial charge in [-0.05, 0) is 39.8 Å². The van der Waals surface area contributed by atoms with Gasteiger partial charge in [0.15, 0.2) is 0 Å². The number of hydrogen-bond acceptors (Lipinski definition) is 5. The van der Waals surface area contributed by atoms with Crippen LogP contribution in [0.5, 0.6) is 0 Å². The second-order valence-electron chi connectivity index (χ2n) is 4.92. The molecule has 1 aromatic rings. The number of rotatable bonds is 7. The van der Waals surface area contributed by atoms with Gasteiger partial charge in [0.1, 0.15) is 10.7 Å². The summed E-state index contributed by atoms with van der Waals surface area (Å²) in [5, 5.41) is 5.63. The van der Waals surface area contributed by atoms with Crippen LogP contribution in [0.3, 0.4) is 0 Å². The van der Waals surface area contributed by atoms with Gasteiger partial charge in [0, 0.05) is 18.8 Å². The van der Waals surface area contributed by atoms with Gasteiger partial charge in [-0.25, -0.2) is 13.4 Å². The highest BCUT2D eigenvalue weighted by atomic mass is 32.2. The second kappa shape index (κ2) is 7.37. The first-order valence-electron chi connectivity index (χ1n) is 6.79. The van der Waals surface area contributed by atoms with Crippen LogP contribution in [-0.4, -0.2) is 37.9 Å². The van der Waals surface area contributed by atoms with Gasteiger partial charge < -0.3 is 10.6 Å². The summed E-state index contributed by atoms with van der Waals surface area (Å²) in [6.07, 6.45) is 1.26. The molecule has 21 heavy (non-hydrogen) atoms. The number of hydrogen-bond donors (Lipinski definition) is 3. The van der Waals surface area contributed by atoms with Crippen LogP contribution in [0.25, 0.3) is 0 Å². The molecule has 0 spiro atoms. The van der Waals surface area contributed by atoms with Crippen LogP contribution in [0.15, 0.2) is 23.2 Å². The fourth-order valence-corrected chi connectivity index (χ4v) is 2.74. The lowest BCUT2D eigenvalue weighted by atomic mass is 10.3. The Morgan fingerprint density at radius 2 is 1.95 bits per heavy atom. The zero-order chi connectivity index (χ0) is 16.0. The molecule has 3 N–H and O–H groups in total. The molecule has 0 fully saturated rings. The molecule has 1 amide bonds. The molecule has 0 saturated carbocycles. The average Bonchev–Trinajstić information content (AvgIpc) is 2.38. The highest BCUT2D eigenvalue weighted by Gasteiger charge is 2.22. The molecule has 7 nitrogen and oxygen atoms in total. The van der Waals surface area contributed by atoms with E-state index in [1.54, 1.807) is 6.07 Å². The molecular formula is C13H22N4O3S. The van der Waals surface area contributed by atoms with Crippen LogP contribution in [0, 0.1) is 0 Å². The van der Waals surface area contributed by atoms with Gasteiger partial charge in [0.05, 0.1) is 6.04 Å². The number of nitrogens with zero attached hydrogens (tertiary/aromatic N) is 1. The minimum atomic E-state index is -3.77. The number of carbonyl (C=O) groups is 1. The second-order valence-corrected chi connectivity index (χ2v) is 6.63. The normalized spacial score (nSPS) is 13.0. The van der Waals surface area contributed by atoms with Crippen molar-refractivity contribution >= 4 is 21.7 Å². The zero-order valence-corrected chi connectivity index (χ0v) is 13.5. The summed E-state index contributed by atoms with van der Waals surface area (Å²) < 4.78 is 26.6. The number of sulfonamides is 1. The summed E-state index contributed by atoms with van der Waals surface area (Å²) in [7, 11) is -3.77. The van der Waals surface area contributed by atoms with Crippen molar-refractivity contribution in [1.29, 1.82) is 0 Å². The van der Waals surface area contributed by atoms with Crippen LogP contribution < -0.4 is 15.4 Å². The molecule has 0 aliphatic carbocycles. The predicted octanol–water partition coefficient (Wildman–Crippen LogP) is 0.705. The molecule has 0 radical (unpaired) electrons. The van der Waals surface area contributed by atoms with Gasteiger partial charge in [-0.15, -0.1) is 0 Å². The summed E-state index contributed by atoms with van der Waals surface area (Å²) in [5.41, 5.74) is 0. The maximum Gasteiger partial charge on any atom is 0.242 e. The molecule has 1 unspecified atom stereocenters. The van der Waals surface area contributed by atoms with E-state index in [4.69, 9.17) is 0 Å². The summed E-state index contributed by atoms with van der Waals surface area (Å²) in [4.78, 5) is 15.8. The number of aromatic nitrogens is 1. The van der Waals surface area contributed by atoms with E-state index in [-0.39, 0.29) is 16.8 Å². The zero-order valence-electron chi connectivity index (χ0n) is 12.7. The Labute approximate surface area is 125 Å². The van der Waals surface area contributed by atoms with Gasteiger partial charge in [-0.3, -0.25) is 4.79 Å². The van der Waals surface area contributed by atoms with Gasteiger partial charge in [0.2, 0.25) is 15.9 Å². The van der Waals surface area contributed by atoms with E-state index < -0.39 is 16.1 Å². The molecule has 0 aromatic carbocycles. The molecule has 118 valence electrons. The lowest BCUT2D eigenvalue weighted by molar-refractivity contribution is -0.122. The van der Waals surface area contributed by atoms with Gasteiger partial charge in [0.25, 0.3) is 0 Å². The SMILES string of the molecule is CCNc1ccc(S(=O)(=O)NC(C)C(=O)NC(C)C)cn1. The first-order chi connectivity index (χ1) is 9.76. The van der Waals surface area contributed by atoms with E-state index in [2.05, 4.69) is 20.3 Å². The van der Waals surface area contributed by atoms with Crippen molar-refractivity contribution in [3.8, 4) is 0 Å². The lowest BCUT2D eigenvalue weighted by Gasteiger charge is -2.16. The van der Waals surface area contributed by atoms with E-state index in [0.29, 0.717) is 12.4 Å². The summed E-state index contributed by atoms with van der Waals surface area (Å²) in [5.74, 6) is 0.229. The van der Waals surface area contributed by atoms with Gasteiger partial charge >= 0.3 is 0 Å². The fraction of sp³-hybridized carbons (Fsp3) is 0.538. The fourth-order valence-electron chi connectivity index (χ4n) is 1.59. The largest absolute Gasteiger partial charge is 0.370 e. The van der Waals surface area contributed by atoms with Crippen LogP contribution in [0.2, 0.25) is 0 Å². The van der Waals surface area contributed by atoms with Crippen molar-refractivity contribution in [3.63, 3.8) is 0 Å². The standard InChI is InChI=1S/C13H22N4O3S/c1-5-14-12-7-6-11(8-15-12)21(19,20)17-10(4)13(18)16-9(2)3/h6-10,17H,5H2,1-4H3,(H,14,15)(H,16,18). The first-order valence-corrected chi connectivity index (χ1v) is 8.27. The number of amides is 1. The summed E-state index contributed by atoms with van der Waals surface area (Å²) >= 11 is 0. The Hall–Kier alpha value is -1.67. The van der Waals surface area contributed by atoms with Crippen molar-refractivity contribution in [1.82, 2.24) is 15.0 Å². The monoisotopic (exact) mass is 314 g/mol. The lowest BCUT2D eigenvalue weighted by Crippen LogP contribution is -2.46. The van der Waals surface area contributed by atoms with E-state index in [0.717, 1.165) is 0 Å². The quantitative estimate of drug-likeness (QED) is 0.688. The third-order valence-corrected chi connectivity index (χ3v) is 4.09. The molecule has 1 rings (SSSR count). The number of pyridine rings is 1. The maximum atomic E-state index is 12.2. The molecule has 1 aromatic heterocycles. The molecule has 0 aliphatic heterocycles. The minimum absolute atomic E-state index is 0.0216. The third-order valence-electron chi connectivity index (χ3n) is 2.56. The number of carbonyl (C=O) groups excluding carboxylic acids is 1. The topological polar surface area (TPSA) is 100 Å². The van der Waals surface area contributed by atoms with Gasteiger partial charge in [-0.2, -0.15) is 4.72 Å². The Kier molecular flexibility index (Phi) is 6.10.